The Morgan fingerprint density at radius 2 is 2.05 bits per heavy atom. The summed E-state index contributed by atoms with van der Waals surface area (Å²) in [5.74, 6) is 0.935. The highest BCUT2D eigenvalue weighted by molar-refractivity contribution is 5.81. The molecule has 0 bridgehead atoms. The molecule has 1 saturated carbocycles. The summed E-state index contributed by atoms with van der Waals surface area (Å²) in [7, 11) is 1.55. The Labute approximate surface area is 123 Å². The lowest BCUT2D eigenvalue weighted by atomic mass is 9.66. The number of nitrogens with zero attached hydrogens (tertiary/aromatic N) is 1. The van der Waals surface area contributed by atoms with Crippen LogP contribution in [0, 0.1) is 11.8 Å². The summed E-state index contributed by atoms with van der Waals surface area (Å²) in [4.78, 5) is 15.2. The van der Waals surface area contributed by atoms with Gasteiger partial charge in [-0.25, -0.2) is 0 Å². The minimum atomic E-state index is -0.382. The largest absolute Gasteiger partial charge is 0.468 e. The number of carbonyl (C=O) groups excluding carboxylic acids is 1. The number of esters is 1. The molecule has 20 heavy (non-hydrogen) atoms. The quantitative estimate of drug-likeness (QED) is 0.804. The molecule has 0 radical (unpaired) electrons. The van der Waals surface area contributed by atoms with E-state index in [1.807, 2.05) is 0 Å². The van der Waals surface area contributed by atoms with Gasteiger partial charge in [0, 0.05) is 19.6 Å². The Hall–Kier alpha value is -0.610. The average Bonchev–Trinajstić information content (AvgIpc) is 2.75. The third-order valence-electron chi connectivity index (χ3n) is 5.18. The normalized spacial score (nSPS) is 32.9. The Morgan fingerprint density at radius 1 is 1.25 bits per heavy atom. The summed E-state index contributed by atoms with van der Waals surface area (Å²) in [5, 5.41) is 3.44. The fourth-order valence-electron chi connectivity index (χ4n) is 4.26. The molecule has 0 amide bonds. The minimum absolute atomic E-state index is 0.00204. The van der Waals surface area contributed by atoms with Gasteiger partial charge in [0.1, 0.15) is 5.54 Å². The molecule has 2 unspecified atom stereocenters. The zero-order valence-corrected chi connectivity index (χ0v) is 13.3. The number of ether oxygens (including phenoxy) is 1. The maximum absolute atomic E-state index is 12.7. The number of nitrogens with one attached hydrogen (secondary N) is 1. The summed E-state index contributed by atoms with van der Waals surface area (Å²) in [6.07, 6.45) is 5.61. The molecule has 2 rings (SSSR count). The molecule has 1 aliphatic carbocycles. The van der Waals surface area contributed by atoms with Crippen LogP contribution < -0.4 is 5.32 Å². The number of hydrogen-bond acceptors (Lipinski definition) is 4. The molecular weight excluding hydrogens is 252 g/mol. The highest BCUT2D eigenvalue weighted by Crippen LogP contribution is 2.43. The van der Waals surface area contributed by atoms with Gasteiger partial charge in [0.05, 0.1) is 7.11 Å². The first kappa shape index (κ1) is 15.8. The third-order valence-corrected chi connectivity index (χ3v) is 5.18. The lowest BCUT2D eigenvalue weighted by Gasteiger charge is -2.50. The molecule has 2 fully saturated rings. The van der Waals surface area contributed by atoms with E-state index in [1.165, 1.54) is 6.42 Å². The van der Waals surface area contributed by atoms with E-state index in [0.29, 0.717) is 11.8 Å². The van der Waals surface area contributed by atoms with Crippen molar-refractivity contribution < 1.29 is 9.53 Å². The summed E-state index contributed by atoms with van der Waals surface area (Å²) in [6.45, 7) is 8.50. The van der Waals surface area contributed by atoms with Crippen LogP contribution in [0.25, 0.3) is 0 Å². The van der Waals surface area contributed by atoms with Crippen LogP contribution in [-0.2, 0) is 9.53 Å². The van der Waals surface area contributed by atoms with Gasteiger partial charge in [-0.3, -0.25) is 9.69 Å². The van der Waals surface area contributed by atoms with Crippen LogP contribution in [0.1, 0.15) is 46.0 Å². The first-order chi connectivity index (χ1) is 9.63. The third kappa shape index (κ3) is 2.86. The molecular formula is C16H30N2O2. The van der Waals surface area contributed by atoms with Gasteiger partial charge in [-0.05, 0) is 37.6 Å². The molecule has 116 valence electrons. The Bertz CT molecular complexity index is 324. The van der Waals surface area contributed by atoms with Crippen molar-refractivity contribution in [3.8, 4) is 0 Å². The van der Waals surface area contributed by atoms with E-state index in [1.54, 1.807) is 7.11 Å². The molecule has 1 saturated heterocycles. The average molecular weight is 282 g/mol. The van der Waals surface area contributed by atoms with Crippen LogP contribution in [0.15, 0.2) is 0 Å². The van der Waals surface area contributed by atoms with Crippen LogP contribution in [0.3, 0.4) is 0 Å². The second kappa shape index (κ2) is 6.90. The molecule has 2 aliphatic rings. The molecule has 0 aromatic rings. The minimum Gasteiger partial charge on any atom is -0.468 e. The first-order valence-corrected chi connectivity index (χ1v) is 8.17. The van der Waals surface area contributed by atoms with Gasteiger partial charge in [-0.1, -0.05) is 26.7 Å². The van der Waals surface area contributed by atoms with Crippen LogP contribution in [0.5, 0.6) is 0 Å². The lowest BCUT2D eigenvalue weighted by Crippen LogP contribution is -2.63. The van der Waals surface area contributed by atoms with E-state index in [4.69, 9.17) is 4.74 Å². The van der Waals surface area contributed by atoms with Gasteiger partial charge in [-0.15, -0.1) is 0 Å². The van der Waals surface area contributed by atoms with Gasteiger partial charge in [0.25, 0.3) is 0 Å². The number of hydrogen-bond donors (Lipinski definition) is 1. The monoisotopic (exact) mass is 282 g/mol. The zero-order chi connectivity index (χ0) is 14.6. The van der Waals surface area contributed by atoms with Gasteiger partial charge >= 0.3 is 5.97 Å². The molecule has 4 heteroatoms. The molecule has 0 aromatic carbocycles. The van der Waals surface area contributed by atoms with E-state index in [2.05, 4.69) is 24.1 Å². The van der Waals surface area contributed by atoms with E-state index in [-0.39, 0.29) is 11.5 Å². The van der Waals surface area contributed by atoms with Gasteiger partial charge in [0.2, 0.25) is 0 Å². The van der Waals surface area contributed by atoms with Crippen molar-refractivity contribution in [3.05, 3.63) is 0 Å². The van der Waals surface area contributed by atoms with Crippen LogP contribution in [0.2, 0.25) is 0 Å². The molecule has 1 aliphatic heterocycles. The fraction of sp³-hybridized carbons (Fsp3) is 0.938. The Balaban J connectivity index is 2.33. The highest BCUT2D eigenvalue weighted by Gasteiger charge is 2.52. The van der Waals surface area contributed by atoms with Crippen molar-refractivity contribution in [1.82, 2.24) is 10.2 Å². The first-order valence-electron chi connectivity index (χ1n) is 8.17. The summed E-state index contributed by atoms with van der Waals surface area (Å²) in [5.41, 5.74) is -0.382. The molecule has 4 nitrogen and oxygen atoms in total. The number of rotatable bonds is 3. The van der Waals surface area contributed by atoms with E-state index in [9.17, 15) is 4.79 Å². The second-order valence-corrected chi connectivity index (χ2v) is 6.60. The van der Waals surface area contributed by atoms with E-state index < -0.39 is 0 Å². The van der Waals surface area contributed by atoms with E-state index >= 15 is 0 Å². The van der Waals surface area contributed by atoms with Gasteiger partial charge in [0.15, 0.2) is 0 Å². The highest BCUT2D eigenvalue weighted by atomic mass is 16.5. The van der Waals surface area contributed by atoms with E-state index in [0.717, 1.165) is 51.9 Å². The van der Waals surface area contributed by atoms with Crippen molar-refractivity contribution in [2.75, 3.05) is 33.3 Å². The van der Waals surface area contributed by atoms with Crippen LogP contribution >= 0.6 is 0 Å². The summed E-state index contributed by atoms with van der Waals surface area (Å²) in [6, 6.07) is 0. The maximum Gasteiger partial charge on any atom is 0.326 e. The van der Waals surface area contributed by atoms with Gasteiger partial charge in [-0.2, -0.15) is 0 Å². The predicted molar refractivity (Wildman–Crippen MR) is 80.6 cm³/mol. The molecule has 1 N–H and O–H groups in total. The van der Waals surface area contributed by atoms with Gasteiger partial charge < -0.3 is 10.1 Å². The molecule has 0 aromatic heterocycles. The SMILES string of the molecule is COC(=O)C1(N2CCCNCC2)CCCCC1C(C)C. The standard InChI is InChI=1S/C16H30N2O2/c1-13(2)14-7-4-5-8-16(14,15(19)20-3)18-11-6-9-17-10-12-18/h13-14,17H,4-12H2,1-3H3. The Kier molecular flexibility index (Phi) is 5.44. The smallest absolute Gasteiger partial charge is 0.326 e. The maximum atomic E-state index is 12.7. The molecule has 0 spiro atoms. The number of methoxy groups -OCH3 is 1. The van der Waals surface area contributed by atoms with Crippen LogP contribution in [0.4, 0.5) is 0 Å². The molecule has 1 heterocycles. The van der Waals surface area contributed by atoms with Crippen molar-refractivity contribution >= 4 is 5.97 Å². The molecule has 2 atom stereocenters. The lowest BCUT2D eigenvalue weighted by molar-refractivity contribution is -0.165. The zero-order valence-electron chi connectivity index (χ0n) is 13.3. The summed E-state index contributed by atoms with van der Waals surface area (Å²) < 4.78 is 5.27. The van der Waals surface area contributed by atoms with Crippen molar-refractivity contribution in [1.29, 1.82) is 0 Å². The van der Waals surface area contributed by atoms with Crippen molar-refractivity contribution in [2.24, 2.45) is 11.8 Å². The van der Waals surface area contributed by atoms with Crippen LogP contribution in [-0.4, -0.2) is 49.7 Å². The summed E-state index contributed by atoms with van der Waals surface area (Å²) >= 11 is 0. The number of carbonyl (C=O) groups is 1. The van der Waals surface area contributed by atoms with Crippen molar-refractivity contribution in [3.63, 3.8) is 0 Å². The van der Waals surface area contributed by atoms with Crippen molar-refractivity contribution in [2.45, 2.75) is 51.5 Å². The fourth-order valence-corrected chi connectivity index (χ4v) is 4.26. The Morgan fingerprint density at radius 3 is 2.75 bits per heavy atom. The predicted octanol–water partition coefficient (Wildman–Crippen LogP) is 2.04. The second-order valence-electron chi connectivity index (χ2n) is 6.60. The topological polar surface area (TPSA) is 41.6 Å².